The summed E-state index contributed by atoms with van der Waals surface area (Å²) in [5, 5.41) is 16.8. The van der Waals surface area contributed by atoms with Crippen molar-refractivity contribution in [2.24, 2.45) is 5.10 Å². The molecule has 0 saturated carbocycles. The number of halogens is 1. The van der Waals surface area contributed by atoms with Gasteiger partial charge in [0.15, 0.2) is 0 Å². The van der Waals surface area contributed by atoms with E-state index in [1.807, 2.05) is 49.4 Å². The Labute approximate surface area is 199 Å². The van der Waals surface area contributed by atoms with Gasteiger partial charge in [0.1, 0.15) is 10.6 Å². The number of anilines is 1. The number of aromatic nitrogens is 1. The number of hydrogen-bond acceptors (Lipinski definition) is 8. The molecule has 4 aromatic rings. The SMILES string of the molecule is CCOc1ccc(/C=N/N(C(=O)c2ccc([N+](=O)[O-])s2)c2nc3ccc(Br)cc3s2)cc1. The van der Waals surface area contributed by atoms with Crippen molar-refractivity contribution in [2.75, 3.05) is 11.6 Å². The Morgan fingerprint density at radius 3 is 2.69 bits per heavy atom. The number of rotatable bonds is 7. The lowest BCUT2D eigenvalue weighted by molar-refractivity contribution is -0.380. The van der Waals surface area contributed by atoms with Crippen LogP contribution >= 0.6 is 38.6 Å². The van der Waals surface area contributed by atoms with Crippen LogP contribution in [0.5, 0.6) is 5.75 Å². The molecule has 162 valence electrons. The van der Waals surface area contributed by atoms with Crippen LogP contribution in [0.2, 0.25) is 0 Å². The number of carbonyl (C=O) groups is 1. The molecule has 0 aliphatic carbocycles. The predicted molar refractivity (Wildman–Crippen MR) is 130 cm³/mol. The lowest BCUT2D eigenvalue weighted by atomic mass is 10.2. The number of ether oxygens (including phenoxy) is 1. The first-order valence-corrected chi connectivity index (χ1v) is 11.8. The van der Waals surface area contributed by atoms with Crippen LogP contribution in [-0.4, -0.2) is 28.6 Å². The summed E-state index contributed by atoms with van der Waals surface area (Å²) < 4.78 is 7.21. The summed E-state index contributed by atoms with van der Waals surface area (Å²) in [5.41, 5.74) is 1.48. The fourth-order valence-corrected chi connectivity index (χ4v) is 4.97. The molecule has 1 amide bonds. The summed E-state index contributed by atoms with van der Waals surface area (Å²) in [5.74, 6) is 0.239. The summed E-state index contributed by atoms with van der Waals surface area (Å²) in [6.07, 6.45) is 1.54. The van der Waals surface area contributed by atoms with Gasteiger partial charge in [-0.05, 0) is 61.0 Å². The second-order valence-electron chi connectivity index (χ2n) is 6.37. The average Bonchev–Trinajstić information content (AvgIpc) is 3.42. The third kappa shape index (κ3) is 4.85. The molecule has 0 bridgehead atoms. The van der Waals surface area contributed by atoms with Gasteiger partial charge in [0, 0.05) is 10.5 Å². The zero-order valence-corrected chi connectivity index (χ0v) is 19.8. The van der Waals surface area contributed by atoms with Crippen LogP contribution in [0.25, 0.3) is 10.2 Å². The van der Waals surface area contributed by atoms with Gasteiger partial charge in [0.25, 0.3) is 5.91 Å². The summed E-state index contributed by atoms with van der Waals surface area (Å²) in [7, 11) is 0. The molecular formula is C21H15BrN4O4S2. The van der Waals surface area contributed by atoms with E-state index in [0.717, 1.165) is 37.3 Å². The molecule has 0 unspecified atom stereocenters. The summed E-state index contributed by atoms with van der Waals surface area (Å²) in [6, 6.07) is 15.6. The number of carbonyl (C=O) groups excluding carboxylic acids is 1. The number of benzene rings is 2. The van der Waals surface area contributed by atoms with Gasteiger partial charge in [0.05, 0.1) is 28.0 Å². The molecule has 11 heteroatoms. The van der Waals surface area contributed by atoms with Gasteiger partial charge in [-0.25, -0.2) is 4.98 Å². The van der Waals surface area contributed by atoms with E-state index in [1.165, 1.54) is 34.7 Å². The maximum atomic E-state index is 13.2. The van der Waals surface area contributed by atoms with Crippen LogP contribution in [0.1, 0.15) is 22.2 Å². The third-order valence-corrected chi connectivity index (χ3v) is 6.72. The highest BCUT2D eigenvalue weighted by molar-refractivity contribution is 9.10. The van der Waals surface area contributed by atoms with Gasteiger partial charge in [-0.15, -0.1) is 0 Å². The Hall–Kier alpha value is -3.15. The van der Waals surface area contributed by atoms with E-state index >= 15 is 0 Å². The topological polar surface area (TPSA) is 97.9 Å². The monoisotopic (exact) mass is 530 g/mol. The van der Waals surface area contributed by atoms with Gasteiger partial charge in [-0.2, -0.15) is 10.1 Å². The van der Waals surface area contributed by atoms with Crippen LogP contribution in [-0.2, 0) is 0 Å². The van der Waals surface area contributed by atoms with Crippen LogP contribution in [0.15, 0.2) is 64.2 Å². The van der Waals surface area contributed by atoms with Crippen molar-refractivity contribution in [3.63, 3.8) is 0 Å². The first-order valence-electron chi connectivity index (χ1n) is 9.36. The van der Waals surface area contributed by atoms with Crippen LogP contribution in [0.4, 0.5) is 10.1 Å². The van der Waals surface area contributed by atoms with Crippen LogP contribution in [0.3, 0.4) is 0 Å². The third-order valence-electron chi connectivity index (χ3n) is 4.21. The summed E-state index contributed by atoms with van der Waals surface area (Å²) >= 11 is 5.54. The van der Waals surface area contributed by atoms with Crippen molar-refractivity contribution in [1.82, 2.24) is 4.98 Å². The number of hydrogen-bond donors (Lipinski definition) is 0. The maximum absolute atomic E-state index is 13.2. The second kappa shape index (κ2) is 9.55. The van der Waals surface area contributed by atoms with Crippen molar-refractivity contribution in [3.8, 4) is 5.75 Å². The molecule has 0 saturated heterocycles. The smallest absolute Gasteiger partial charge is 0.324 e. The fourth-order valence-electron chi connectivity index (χ4n) is 2.75. The van der Waals surface area contributed by atoms with Gasteiger partial charge in [-0.3, -0.25) is 14.9 Å². The molecule has 0 radical (unpaired) electrons. The molecule has 2 aromatic heterocycles. The quantitative estimate of drug-likeness (QED) is 0.163. The average molecular weight is 531 g/mol. The minimum atomic E-state index is -0.524. The highest BCUT2D eigenvalue weighted by Gasteiger charge is 2.24. The highest BCUT2D eigenvalue weighted by atomic mass is 79.9. The van der Waals surface area contributed by atoms with E-state index < -0.39 is 10.8 Å². The predicted octanol–water partition coefficient (Wildman–Crippen LogP) is 6.11. The number of thiophene rings is 1. The van der Waals surface area contributed by atoms with E-state index in [4.69, 9.17) is 4.74 Å². The first-order chi connectivity index (χ1) is 15.4. The van der Waals surface area contributed by atoms with Crippen molar-refractivity contribution >= 4 is 71.1 Å². The number of thiazole rings is 1. The summed E-state index contributed by atoms with van der Waals surface area (Å²) in [4.78, 5) is 28.5. The number of fused-ring (bicyclic) bond motifs is 1. The van der Waals surface area contributed by atoms with Gasteiger partial charge >= 0.3 is 5.00 Å². The molecule has 0 N–H and O–H groups in total. The molecule has 4 rings (SSSR count). The zero-order valence-electron chi connectivity index (χ0n) is 16.6. The Bertz CT molecular complexity index is 1320. The van der Waals surface area contributed by atoms with E-state index in [-0.39, 0.29) is 9.88 Å². The number of hydrazone groups is 1. The minimum absolute atomic E-state index is 0.114. The molecule has 2 heterocycles. The van der Waals surface area contributed by atoms with Crippen LogP contribution in [0, 0.1) is 10.1 Å². The highest BCUT2D eigenvalue weighted by Crippen LogP contribution is 2.33. The lowest BCUT2D eigenvalue weighted by Gasteiger charge is -2.12. The van der Waals surface area contributed by atoms with Crippen LogP contribution < -0.4 is 9.75 Å². The second-order valence-corrected chi connectivity index (χ2v) is 9.35. The van der Waals surface area contributed by atoms with E-state index in [2.05, 4.69) is 26.0 Å². The maximum Gasteiger partial charge on any atom is 0.324 e. The van der Waals surface area contributed by atoms with Crippen molar-refractivity contribution in [3.05, 3.63) is 79.6 Å². The van der Waals surface area contributed by atoms with Crippen molar-refractivity contribution in [1.29, 1.82) is 0 Å². The molecule has 0 aliphatic heterocycles. The minimum Gasteiger partial charge on any atom is -0.494 e. The number of amides is 1. The largest absolute Gasteiger partial charge is 0.494 e. The number of nitrogens with zero attached hydrogens (tertiary/aromatic N) is 4. The Kier molecular flexibility index (Phi) is 6.58. The van der Waals surface area contributed by atoms with E-state index in [9.17, 15) is 14.9 Å². The van der Waals surface area contributed by atoms with Gasteiger partial charge in [-0.1, -0.05) is 38.6 Å². The Morgan fingerprint density at radius 1 is 1.22 bits per heavy atom. The molecule has 32 heavy (non-hydrogen) atoms. The van der Waals surface area contributed by atoms with Crippen molar-refractivity contribution < 1.29 is 14.5 Å². The Balaban J connectivity index is 1.70. The molecule has 8 nitrogen and oxygen atoms in total. The molecule has 0 atom stereocenters. The zero-order chi connectivity index (χ0) is 22.7. The van der Waals surface area contributed by atoms with E-state index in [1.54, 1.807) is 0 Å². The lowest BCUT2D eigenvalue weighted by Crippen LogP contribution is -2.24. The van der Waals surface area contributed by atoms with Crippen molar-refractivity contribution in [2.45, 2.75) is 6.92 Å². The Morgan fingerprint density at radius 2 is 2.00 bits per heavy atom. The normalized spacial score (nSPS) is 11.2. The standard InChI is InChI=1S/C21H15BrN4O4S2/c1-2-30-15-6-3-13(4-7-15)12-23-25(20(27)17-9-10-19(31-17)26(28)29)21-24-16-8-5-14(22)11-18(16)32-21/h3-12H,2H2,1H3/b23-12+. The molecule has 0 fully saturated rings. The number of nitro groups is 1. The first kappa shape index (κ1) is 22.1. The molecule has 0 aliphatic rings. The molecule has 0 spiro atoms. The molecule has 2 aromatic carbocycles. The fraction of sp³-hybridized carbons (Fsp3) is 0.0952. The summed E-state index contributed by atoms with van der Waals surface area (Å²) in [6.45, 7) is 2.47. The van der Waals surface area contributed by atoms with Gasteiger partial charge < -0.3 is 4.74 Å². The van der Waals surface area contributed by atoms with E-state index in [0.29, 0.717) is 11.7 Å². The molecular weight excluding hydrogens is 516 g/mol. The van der Waals surface area contributed by atoms with Gasteiger partial charge in [0.2, 0.25) is 5.13 Å².